The topological polar surface area (TPSA) is 30.7 Å². The molecule has 0 atom stereocenters. The predicted octanol–water partition coefficient (Wildman–Crippen LogP) is 1.48. The molecule has 12 heavy (non-hydrogen) atoms. The van der Waals surface area contributed by atoms with Gasteiger partial charge in [0.2, 0.25) is 0 Å². The number of pyridine rings is 1. The molecule has 0 aliphatic rings. The normalized spacial score (nSPS) is 10.1. The lowest BCUT2D eigenvalue weighted by atomic mass is 10.2. The van der Waals surface area contributed by atoms with E-state index >= 15 is 0 Å². The molecule has 0 aliphatic carbocycles. The quantitative estimate of drug-likeness (QED) is 0.631. The highest BCUT2D eigenvalue weighted by Crippen LogP contribution is 2.15. The highest BCUT2D eigenvalue weighted by atomic mass is 15.2. The van der Waals surface area contributed by atoms with Gasteiger partial charge in [0.25, 0.3) is 0 Å². The van der Waals surface area contributed by atoms with E-state index in [1.165, 1.54) is 0 Å². The third-order valence-corrected chi connectivity index (χ3v) is 1.80. The van der Waals surface area contributed by atoms with Gasteiger partial charge >= 0.3 is 0 Å². The van der Waals surface area contributed by atoms with Crippen LogP contribution in [0.2, 0.25) is 0 Å². The van der Waals surface area contributed by atoms with Crippen molar-refractivity contribution < 1.29 is 0 Å². The van der Waals surface area contributed by atoms with E-state index in [9.17, 15) is 0 Å². The molecule has 0 bridgehead atoms. The largest absolute Gasteiger partial charge is 0.268 e. The number of rotatable bonds is 1. The molecule has 0 fully saturated rings. The summed E-state index contributed by atoms with van der Waals surface area (Å²) < 4.78 is 1.84. The van der Waals surface area contributed by atoms with E-state index < -0.39 is 0 Å². The standard InChI is InChI=1S/C9H9N3/c1-12-9(4-7-11-12)8-2-5-10-6-3-8/h2-7H,1H3. The van der Waals surface area contributed by atoms with E-state index in [0.717, 1.165) is 11.3 Å². The summed E-state index contributed by atoms with van der Waals surface area (Å²) in [6.45, 7) is 0. The lowest BCUT2D eigenvalue weighted by Gasteiger charge is -1.99. The summed E-state index contributed by atoms with van der Waals surface area (Å²) in [5.41, 5.74) is 2.25. The Morgan fingerprint density at radius 2 is 1.83 bits per heavy atom. The first kappa shape index (κ1) is 7.03. The fraction of sp³-hybridized carbons (Fsp3) is 0.111. The Morgan fingerprint density at radius 3 is 2.42 bits per heavy atom. The van der Waals surface area contributed by atoms with Gasteiger partial charge in [-0.3, -0.25) is 9.67 Å². The molecule has 60 valence electrons. The molecule has 0 radical (unpaired) electrons. The summed E-state index contributed by atoms with van der Waals surface area (Å²) in [4.78, 5) is 3.96. The molecule has 0 unspecified atom stereocenters. The van der Waals surface area contributed by atoms with Crippen LogP contribution in [0.3, 0.4) is 0 Å². The van der Waals surface area contributed by atoms with Crippen LogP contribution in [0.1, 0.15) is 0 Å². The summed E-state index contributed by atoms with van der Waals surface area (Å²) >= 11 is 0. The molecule has 0 amide bonds. The van der Waals surface area contributed by atoms with Crippen LogP contribution in [-0.2, 0) is 7.05 Å². The number of hydrogen-bond donors (Lipinski definition) is 0. The van der Waals surface area contributed by atoms with Crippen LogP contribution in [0.5, 0.6) is 0 Å². The fourth-order valence-corrected chi connectivity index (χ4v) is 1.18. The zero-order chi connectivity index (χ0) is 8.39. The van der Waals surface area contributed by atoms with Crippen molar-refractivity contribution in [2.45, 2.75) is 0 Å². The van der Waals surface area contributed by atoms with Gasteiger partial charge in [0.15, 0.2) is 0 Å². The zero-order valence-electron chi connectivity index (χ0n) is 6.81. The van der Waals surface area contributed by atoms with Crippen molar-refractivity contribution >= 4 is 0 Å². The van der Waals surface area contributed by atoms with Crippen LogP contribution in [0.4, 0.5) is 0 Å². The third kappa shape index (κ3) is 1.09. The maximum atomic E-state index is 4.09. The van der Waals surface area contributed by atoms with Gasteiger partial charge in [0, 0.05) is 31.2 Å². The van der Waals surface area contributed by atoms with Crippen molar-refractivity contribution in [1.82, 2.24) is 14.8 Å². The van der Waals surface area contributed by atoms with Crippen LogP contribution < -0.4 is 0 Å². The van der Waals surface area contributed by atoms with Crippen LogP contribution in [0.15, 0.2) is 36.8 Å². The first-order chi connectivity index (χ1) is 5.88. The second kappa shape index (κ2) is 2.77. The van der Waals surface area contributed by atoms with Gasteiger partial charge in [0.1, 0.15) is 0 Å². The zero-order valence-corrected chi connectivity index (χ0v) is 6.81. The molecule has 3 nitrogen and oxygen atoms in total. The monoisotopic (exact) mass is 159 g/mol. The Labute approximate surface area is 70.7 Å². The predicted molar refractivity (Wildman–Crippen MR) is 46.4 cm³/mol. The van der Waals surface area contributed by atoms with Gasteiger partial charge in [-0.15, -0.1) is 0 Å². The van der Waals surface area contributed by atoms with E-state index in [2.05, 4.69) is 10.1 Å². The highest BCUT2D eigenvalue weighted by molar-refractivity contribution is 5.57. The summed E-state index contributed by atoms with van der Waals surface area (Å²) in [5.74, 6) is 0. The van der Waals surface area contributed by atoms with Crippen molar-refractivity contribution in [2.75, 3.05) is 0 Å². The smallest absolute Gasteiger partial charge is 0.0679 e. The lowest BCUT2D eigenvalue weighted by Crippen LogP contribution is -1.92. The van der Waals surface area contributed by atoms with E-state index in [4.69, 9.17) is 0 Å². The second-order valence-electron chi connectivity index (χ2n) is 2.58. The molecule has 0 aliphatic heterocycles. The third-order valence-electron chi connectivity index (χ3n) is 1.80. The highest BCUT2D eigenvalue weighted by Gasteiger charge is 1.99. The molecule has 0 N–H and O–H groups in total. The number of nitrogens with zero attached hydrogens (tertiary/aromatic N) is 3. The first-order valence-corrected chi connectivity index (χ1v) is 3.76. The average Bonchev–Trinajstić information content (AvgIpc) is 2.53. The number of hydrogen-bond acceptors (Lipinski definition) is 2. The van der Waals surface area contributed by atoms with E-state index in [1.807, 2.05) is 29.9 Å². The molecule has 2 aromatic heterocycles. The van der Waals surface area contributed by atoms with Gasteiger partial charge in [-0.05, 0) is 18.2 Å². The van der Waals surface area contributed by atoms with E-state index in [0.29, 0.717) is 0 Å². The average molecular weight is 159 g/mol. The van der Waals surface area contributed by atoms with Crippen molar-refractivity contribution in [3.8, 4) is 11.3 Å². The summed E-state index contributed by atoms with van der Waals surface area (Å²) in [6, 6.07) is 5.92. The minimum atomic E-state index is 1.11. The van der Waals surface area contributed by atoms with Crippen LogP contribution in [-0.4, -0.2) is 14.8 Å². The Hall–Kier alpha value is -1.64. The van der Waals surface area contributed by atoms with E-state index in [-0.39, 0.29) is 0 Å². The Balaban J connectivity index is 2.51. The van der Waals surface area contributed by atoms with Gasteiger partial charge < -0.3 is 0 Å². The van der Waals surface area contributed by atoms with Gasteiger partial charge in [-0.1, -0.05) is 0 Å². The molecular formula is C9H9N3. The molecule has 0 spiro atoms. The Bertz CT molecular complexity index is 364. The van der Waals surface area contributed by atoms with Crippen molar-refractivity contribution in [3.63, 3.8) is 0 Å². The molecule has 3 heteroatoms. The molecule has 2 aromatic rings. The van der Waals surface area contributed by atoms with Crippen LogP contribution >= 0.6 is 0 Å². The Kier molecular flexibility index (Phi) is 1.63. The van der Waals surface area contributed by atoms with Crippen LogP contribution in [0, 0.1) is 0 Å². The van der Waals surface area contributed by atoms with Gasteiger partial charge in [0.05, 0.1) is 5.69 Å². The summed E-state index contributed by atoms with van der Waals surface area (Å²) in [7, 11) is 1.93. The molecular weight excluding hydrogens is 150 g/mol. The van der Waals surface area contributed by atoms with Gasteiger partial charge in [-0.2, -0.15) is 5.10 Å². The minimum absolute atomic E-state index is 1.11. The van der Waals surface area contributed by atoms with Crippen LogP contribution in [0.25, 0.3) is 11.3 Å². The maximum Gasteiger partial charge on any atom is 0.0679 e. The molecule has 0 saturated carbocycles. The molecule has 2 heterocycles. The molecule has 0 saturated heterocycles. The van der Waals surface area contributed by atoms with E-state index in [1.54, 1.807) is 18.6 Å². The summed E-state index contributed by atoms with van der Waals surface area (Å²) in [5, 5.41) is 4.09. The second-order valence-corrected chi connectivity index (χ2v) is 2.58. The number of aryl methyl sites for hydroxylation is 1. The lowest BCUT2D eigenvalue weighted by molar-refractivity contribution is 0.776. The SMILES string of the molecule is Cn1nccc1-c1ccncc1. The maximum absolute atomic E-state index is 4.09. The van der Waals surface area contributed by atoms with Gasteiger partial charge in [-0.25, -0.2) is 0 Å². The molecule has 0 aromatic carbocycles. The minimum Gasteiger partial charge on any atom is -0.268 e. The number of aromatic nitrogens is 3. The first-order valence-electron chi connectivity index (χ1n) is 3.76. The summed E-state index contributed by atoms with van der Waals surface area (Å²) in [6.07, 6.45) is 5.35. The molecule has 2 rings (SSSR count). The fourth-order valence-electron chi connectivity index (χ4n) is 1.18. The van der Waals surface area contributed by atoms with Crippen molar-refractivity contribution in [2.24, 2.45) is 7.05 Å². The van der Waals surface area contributed by atoms with Crippen molar-refractivity contribution in [1.29, 1.82) is 0 Å². The van der Waals surface area contributed by atoms with Crippen molar-refractivity contribution in [3.05, 3.63) is 36.8 Å². The Morgan fingerprint density at radius 1 is 1.08 bits per heavy atom.